The Morgan fingerprint density at radius 2 is 1.67 bits per heavy atom. The van der Waals surface area contributed by atoms with Crippen molar-refractivity contribution in [2.75, 3.05) is 7.05 Å². The average Bonchev–Trinajstić information content (AvgIpc) is 2.86. The van der Waals surface area contributed by atoms with E-state index in [2.05, 4.69) is 78.6 Å². The van der Waals surface area contributed by atoms with Gasteiger partial charge in [-0.2, -0.15) is 0 Å². The lowest BCUT2D eigenvalue weighted by molar-refractivity contribution is 0.674. The molecule has 1 atom stereocenters. The number of hydrogen-bond donors (Lipinski definition) is 1. The largest absolute Gasteiger partial charge is 0.309 e. The first-order chi connectivity index (χ1) is 9.93. The molecule has 3 heteroatoms. The van der Waals surface area contributed by atoms with Gasteiger partial charge in [-0.05, 0) is 68.5 Å². The monoisotopic (exact) mass is 365 g/mol. The molecule has 1 aromatic heterocycles. The van der Waals surface area contributed by atoms with Crippen molar-refractivity contribution in [3.63, 3.8) is 0 Å². The van der Waals surface area contributed by atoms with E-state index >= 15 is 0 Å². The number of rotatable bonds is 5. The molecular weight excluding hydrogens is 342 g/mol. The minimum atomic E-state index is 0.256. The predicted molar refractivity (Wildman–Crippen MR) is 97.5 cm³/mol. The van der Waals surface area contributed by atoms with Gasteiger partial charge in [0.15, 0.2) is 0 Å². The van der Waals surface area contributed by atoms with Crippen LogP contribution in [0.1, 0.15) is 67.8 Å². The minimum Gasteiger partial charge on any atom is -0.309 e. The van der Waals surface area contributed by atoms with E-state index in [1.165, 1.54) is 26.0 Å². The second-order valence-electron chi connectivity index (χ2n) is 6.10. The van der Waals surface area contributed by atoms with E-state index in [0.29, 0.717) is 11.8 Å². The molecular formula is C18H24BrNS. The maximum atomic E-state index is 3.57. The standard InChI is InChI=1S/C18H24BrNS/c1-11(2)13-6-7-15(16(8-13)12(3)4)18(20-5)14-9-17(19)21-10-14/h6-12,18,20H,1-5H3. The molecule has 2 aromatic rings. The van der Waals surface area contributed by atoms with Gasteiger partial charge in [0.05, 0.1) is 9.83 Å². The number of nitrogens with one attached hydrogen (secondary N) is 1. The lowest BCUT2D eigenvalue weighted by atomic mass is 9.87. The Hall–Kier alpha value is -0.640. The minimum absolute atomic E-state index is 0.256. The summed E-state index contributed by atoms with van der Waals surface area (Å²) in [6.07, 6.45) is 0. The third-order valence-corrected chi connectivity index (χ3v) is 5.44. The summed E-state index contributed by atoms with van der Waals surface area (Å²) in [4.78, 5) is 0. The first kappa shape index (κ1) is 16.7. The van der Waals surface area contributed by atoms with E-state index < -0.39 is 0 Å². The van der Waals surface area contributed by atoms with E-state index in [9.17, 15) is 0 Å². The van der Waals surface area contributed by atoms with Gasteiger partial charge < -0.3 is 5.32 Å². The summed E-state index contributed by atoms with van der Waals surface area (Å²) < 4.78 is 1.18. The topological polar surface area (TPSA) is 12.0 Å². The predicted octanol–water partition coefficient (Wildman–Crippen LogP) is 6.07. The summed E-state index contributed by atoms with van der Waals surface area (Å²) in [7, 11) is 2.04. The van der Waals surface area contributed by atoms with Gasteiger partial charge in [0.25, 0.3) is 0 Å². The average molecular weight is 366 g/mol. The van der Waals surface area contributed by atoms with Crippen molar-refractivity contribution in [1.29, 1.82) is 0 Å². The van der Waals surface area contributed by atoms with Crippen LogP contribution in [0.3, 0.4) is 0 Å². The fraction of sp³-hybridized carbons (Fsp3) is 0.444. The summed E-state index contributed by atoms with van der Waals surface area (Å²) in [6, 6.07) is 9.43. The van der Waals surface area contributed by atoms with Crippen molar-refractivity contribution in [1.82, 2.24) is 5.32 Å². The van der Waals surface area contributed by atoms with E-state index in [4.69, 9.17) is 0 Å². The van der Waals surface area contributed by atoms with Crippen LogP contribution >= 0.6 is 27.3 Å². The van der Waals surface area contributed by atoms with Crippen LogP contribution in [0.15, 0.2) is 33.4 Å². The van der Waals surface area contributed by atoms with Gasteiger partial charge in [-0.15, -0.1) is 11.3 Å². The SMILES string of the molecule is CNC(c1csc(Br)c1)c1ccc(C(C)C)cc1C(C)C. The maximum absolute atomic E-state index is 3.57. The number of benzene rings is 1. The summed E-state index contributed by atoms with van der Waals surface area (Å²) in [5.41, 5.74) is 5.59. The molecule has 0 fully saturated rings. The van der Waals surface area contributed by atoms with Crippen LogP contribution in [0.4, 0.5) is 0 Å². The van der Waals surface area contributed by atoms with E-state index in [1.54, 1.807) is 11.3 Å². The molecule has 1 heterocycles. The van der Waals surface area contributed by atoms with Gasteiger partial charge in [0, 0.05) is 0 Å². The van der Waals surface area contributed by atoms with Crippen LogP contribution in [0.5, 0.6) is 0 Å². The van der Waals surface area contributed by atoms with Crippen LogP contribution in [-0.4, -0.2) is 7.05 Å². The van der Waals surface area contributed by atoms with E-state index in [1.807, 2.05) is 7.05 Å². The normalized spacial score (nSPS) is 13.1. The molecule has 21 heavy (non-hydrogen) atoms. The summed E-state index contributed by atoms with van der Waals surface area (Å²) in [5, 5.41) is 5.71. The Bertz CT molecular complexity index is 601. The molecule has 0 aliphatic heterocycles. The number of hydrogen-bond acceptors (Lipinski definition) is 2. The smallest absolute Gasteiger partial charge is 0.0701 e. The Morgan fingerprint density at radius 3 is 2.14 bits per heavy atom. The molecule has 0 radical (unpaired) electrons. The molecule has 0 amide bonds. The fourth-order valence-corrected chi connectivity index (χ4v) is 3.89. The maximum Gasteiger partial charge on any atom is 0.0701 e. The van der Waals surface area contributed by atoms with Crippen LogP contribution in [0.25, 0.3) is 0 Å². The summed E-state index contributed by atoms with van der Waals surface area (Å²) >= 11 is 5.31. The van der Waals surface area contributed by atoms with Gasteiger partial charge in [0.1, 0.15) is 0 Å². The van der Waals surface area contributed by atoms with Crippen LogP contribution in [-0.2, 0) is 0 Å². The highest BCUT2D eigenvalue weighted by Crippen LogP contribution is 2.34. The van der Waals surface area contributed by atoms with Crippen molar-refractivity contribution in [2.24, 2.45) is 0 Å². The lowest BCUT2D eigenvalue weighted by Crippen LogP contribution is -2.19. The second-order valence-corrected chi connectivity index (χ2v) is 8.39. The van der Waals surface area contributed by atoms with E-state index in [-0.39, 0.29) is 6.04 Å². The zero-order valence-electron chi connectivity index (χ0n) is 13.4. The zero-order valence-corrected chi connectivity index (χ0v) is 15.8. The van der Waals surface area contributed by atoms with Crippen molar-refractivity contribution in [3.8, 4) is 0 Å². The molecule has 0 saturated carbocycles. The van der Waals surface area contributed by atoms with Gasteiger partial charge in [0.2, 0.25) is 0 Å². The molecule has 1 N–H and O–H groups in total. The number of thiophene rings is 1. The number of halogens is 1. The summed E-state index contributed by atoms with van der Waals surface area (Å²) in [5.74, 6) is 1.09. The molecule has 0 spiro atoms. The molecule has 0 bridgehead atoms. The third-order valence-electron chi connectivity index (χ3n) is 3.92. The molecule has 0 saturated heterocycles. The highest BCUT2D eigenvalue weighted by atomic mass is 79.9. The fourth-order valence-electron chi connectivity index (χ4n) is 2.69. The molecule has 2 rings (SSSR count). The van der Waals surface area contributed by atoms with Crippen LogP contribution < -0.4 is 5.32 Å². The molecule has 114 valence electrons. The highest BCUT2D eigenvalue weighted by molar-refractivity contribution is 9.11. The Kier molecular flexibility index (Phi) is 5.64. The van der Waals surface area contributed by atoms with E-state index in [0.717, 1.165) is 0 Å². The third kappa shape index (κ3) is 3.77. The van der Waals surface area contributed by atoms with Crippen molar-refractivity contribution < 1.29 is 0 Å². The van der Waals surface area contributed by atoms with Crippen molar-refractivity contribution in [3.05, 3.63) is 55.7 Å². The lowest BCUT2D eigenvalue weighted by Gasteiger charge is -2.23. The Balaban J connectivity index is 2.50. The molecule has 1 nitrogen and oxygen atoms in total. The molecule has 0 aliphatic rings. The highest BCUT2D eigenvalue weighted by Gasteiger charge is 2.19. The van der Waals surface area contributed by atoms with Crippen LogP contribution in [0.2, 0.25) is 0 Å². The quantitative estimate of drug-likeness (QED) is 0.678. The van der Waals surface area contributed by atoms with Gasteiger partial charge >= 0.3 is 0 Å². The van der Waals surface area contributed by atoms with Crippen molar-refractivity contribution in [2.45, 2.75) is 45.6 Å². The first-order valence-electron chi connectivity index (χ1n) is 7.49. The Labute approximate surface area is 140 Å². The zero-order chi connectivity index (χ0) is 15.6. The first-order valence-corrected chi connectivity index (χ1v) is 9.16. The summed E-state index contributed by atoms with van der Waals surface area (Å²) in [6.45, 7) is 9.06. The Morgan fingerprint density at radius 1 is 0.952 bits per heavy atom. The molecule has 0 aliphatic carbocycles. The second kappa shape index (κ2) is 7.08. The molecule has 1 unspecified atom stereocenters. The van der Waals surface area contributed by atoms with Gasteiger partial charge in [-0.25, -0.2) is 0 Å². The van der Waals surface area contributed by atoms with Gasteiger partial charge in [-0.1, -0.05) is 45.9 Å². The van der Waals surface area contributed by atoms with Crippen LogP contribution in [0, 0.1) is 0 Å². The molecule has 1 aromatic carbocycles. The van der Waals surface area contributed by atoms with Crippen molar-refractivity contribution >= 4 is 27.3 Å². The van der Waals surface area contributed by atoms with Gasteiger partial charge in [-0.3, -0.25) is 0 Å².